The van der Waals surface area contributed by atoms with Crippen LogP contribution in [0.1, 0.15) is 39.5 Å². The number of halogens is 2. The molecule has 0 aliphatic carbocycles. The SMILES string of the molecule is CCOC(=O)C(CCCBr)C(CCCBr)C(=O)OCC. The quantitative estimate of drug-likeness (QED) is 0.381. The second kappa shape index (κ2) is 12.6. The van der Waals surface area contributed by atoms with Crippen LogP contribution in [0.25, 0.3) is 0 Å². The van der Waals surface area contributed by atoms with Crippen LogP contribution >= 0.6 is 31.9 Å². The molecule has 0 rings (SSSR count). The summed E-state index contributed by atoms with van der Waals surface area (Å²) in [5.74, 6) is -1.40. The van der Waals surface area contributed by atoms with E-state index in [-0.39, 0.29) is 11.9 Å². The molecule has 0 spiro atoms. The fourth-order valence-corrected chi connectivity index (χ4v) is 2.71. The molecule has 0 aromatic heterocycles. The van der Waals surface area contributed by atoms with Crippen molar-refractivity contribution in [3.63, 3.8) is 0 Å². The van der Waals surface area contributed by atoms with E-state index < -0.39 is 11.8 Å². The van der Waals surface area contributed by atoms with Gasteiger partial charge in [-0.25, -0.2) is 0 Å². The standard InChI is InChI=1S/C14H24Br2O4/c1-3-19-13(17)11(7-5-9-15)12(8-6-10-16)14(18)20-4-2/h11-12H,3-10H2,1-2H3. The minimum absolute atomic E-state index is 0.291. The Morgan fingerprint density at radius 3 is 1.45 bits per heavy atom. The van der Waals surface area contributed by atoms with Crippen molar-refractivity contribution < 1.29 is 19.1 Å². The van der Waals surface area contributed by atoms with Crippen LogP contribution in [0.5, 0.6) is 0 Å². The second-order valence-corrected chi connectivity index (χ2v) is 5.97. The summed E-state index contributed by atoms with van der Waals surface area (Å²) < 4.78 is 10.2. The number of alkyl halides is 2. The van der Waals surface area contributed by atoms with Crippen LogP contribution in [-0.4, -0.2) is 35.8 Å². The predicted molar refractivity (Wildman–Crippen MR) is 86.3 cm³/mol. The Labute approximate surface area is 138 Å². The molecule has 0 heterocycles. The van der Waals surface area contributed by atoms with Crippen molar-refractivity contribution in [1.29, 1.82) is 0 Å². The van der Waals surface area contributed by atoms with Gasteiger partial charge in [-0.2, -0.15) is 0 Å². The van der Waals surface area contributed by atoms with Crippen LogP contribution in [0.3, 0.4) is 0 Å². The van der Waals surface area contributed by atoms with Crippen molar-refractivity contribution in [1.82, 2.24) is 0 Å². The second-order valence-electron chi connectivity index (χ2n) is 4.38. The van der Waals surface area contributed by atoms with E-state index in [0.29, 0.717) is 26.1 Å². The lowest BCUT2D eigenvalue weighted by molar-refractivity contribution is -0.161. The third kappa shape index (κ3) is 7.62. The van der Waals surface area contributed by atoms with Gasteiger partial charge in [0.05, 0.1) is 25.0 Å². The normalized spacial score (nSPS) is 13.6. The fourth-order valence-electron chi connectivity index (χ4n) is 2.06. The van der Waals surface area contributed by atoms with Gasteiger partial charge in [0, 0.05) is 10.7 Å². The average Bonchev–Trinajstić information content (AvgIpc) is 2.42. The Morgan fingerprint density at radius 2 is 1.20 bits per heavy atom. The van der Waals surface area contributed by atoms with Gasteiger partial charge in [-0.15, -0.1) is 0 Å². The fraction of sp³-hybridized carbons (Fsp3) is 0.857. The molecule has 0 radical (unpaired) electrons. The van der Waals surface area contributed by atoms with Crippen molar-refractivity contribution in [2.24, 2.45) is 11.8 Å². The number of hydrogen-bond acceptors (Lipinski definition) is 4. The summed E-state index contributed by atoms with van der Waals surface area (Å²) in [6.45, 7) is 4.21. The molecule has 0 aromatic rings. The highest BCUT2D eigenvalue weighted by Gasteiger charge is 2.34. The van der Waals surface area contributed by atoms with Gasteiger partial charge in [-0.1, -0.05) is 31.9 Å². The lowest BCUT2D eigenvalue weighted by Crippen LogP contribution is -2.33. The van der Waals surface area contributed by atoms with E-state index in [1.54, 1.807) is 13.8 Å². The molecule has 0 amide bonds. The van der Waals surface area contributed by atoms with E-state index in [2.05, 4.69) is 31.9 Å². The van der Waals surface area contributed by atoms with Crippen LogP contribution in [0.2, 0.25) is 0 Å². The molecule has 0 saturated carbocycles. The first-order valence-corrected chi connectivity index (χ1v) is 9.31. The highest BCUT2D eigenvalue weighted by molar-refractivity contribution is 9.09. The number of ether oxygens (including phenoxy) is 2. The molecule has 0 N–H and O–H groups in total. The van der Waals surface area contributed by atoms with Gasteiger partial charge >= 0.3 is 11.9 Å². The lowest BCUT2D eigenvalue weighted by atomic mass is 9.85. The first-order chi connectivity index (χ1) is 9.62. The first kappa shape index (κ1) is 19.9. The zero-order valence-corrected chi connectivity index (χ0v) is 15.4. The number of carbonyl (C=O) groups is 2. The van der Waals surface area contributed by atoms with Crippen molar-refractivity contribution in [2.75, 3.05) is 23.9 Å². The highest BCUT2D eigenvalue weighted by Crippen LogP contribution is 2.26. The monoisotopic (exact) mass is 414 g/mol. The van der Waals surface area contributed by atoms with E-state index in [1.165, 1.54) is 0 Å². The molecule has 0 saturated heterocycles. The van der Waals surface area contributed by atoms with Gasteiger partial charge in [0.25, 0.3) is 0 Å². The molecule has 0 aliphatic heterocycles. The smallest absolute Gasteiger partial charge is 0.309 e. The van der Waals surface area contributed by atoms with E-state index in [9.17, 15) is 9.59 Å². The number of hydrogen-bond donors (Lipinski definition) is 0. The lowest BCUT2D eigenvalue weighted by Gasteiger charge is -2.23. The Morgan fingerprint density at radius 1 is 0.850 bits per heavy atom. The predicted octanol–water partition coefficient (Wildman–Crippen LogP) is 3.70. The van der Waals surface area contributed by atoms with Crippen LogP contribution in [-0.2, 0) is 19.1 Å². The summed E-state index contributed by atoms with van der Waals surface area (Å²) >= 11 is 6.72. The molecule has 2 unspecified atom stereocenters. The largest absolute Gasteiger partial charge is 0.466 e. The van der Waals surface area contributed by atoms with E-state index >= 15 is 0 Å². The van der Waals surface area contributed by atoms with Crippen LogP contribution in [0, 0.1) is 11.8 Å². The molecule has 0 bridgehead atoms. The zero-order chi connectivity index (χ0) is 15.4. The highest BCUT2D eigenvalue weighted by atomic mass is 79.9. The zero-order valence-electron chi connectivity index (χ0n) is 12.2. The first-order valence-electron chi connectivity index (χ1n) is 7.07. The summed E-state index contributed by atoms with van der Waals surface area (Å²) in [6, 6.07) is 0. The number of carbonyl (C=O) groups excluding carboxylic acids is 2. The molecule has 6 heteroatoms. The Balaban J connectivity index is 4.93. The third-order valence-electron chi connectivity index (χ3n) is 2.96. The Kier molecular flexibility index (Phi) is 12.6. The van der Waals surface area contributed by atoms with E-state index in [1.807, 2.05) is 0 Å². The molecular weight excluding hydrogens is 392 g/mol. The van der Waals surface area contributed by atoms with E-state index in [0.717, 1.165) is 23.5 Å². The minimum atomic E-state index is -0.411. The van der Waals surface area contributed by atoms with Crippen LogP contribution in [0.4, 0.5) is 0 Å². The molecule has 118 valence electrons. The molecule has 0 aliphatic rings. The van der Waals surface area contributed by atoms with Gasteiger partial charge in [-0.05, 0) is 39.5 Å². The maximum atomic E-state index is 12.1. The molecule has 2 atom stereocenters. The maximum absolute atomic E-state index is 12.1. The van der Waals surface area contributed by atoms with Gasteiger partial charge in [-0.3, -0.25) is 9.59 Å². The number of esters is 2. The third-order valence-corrected chi connectivity index (χ3v) is 4.08. The summed E-state index contributed by atoms with van der Waals surface area (Å²) in [7, 11) is 0. The van der Waals surface area contributed by atoms with Crippen molar-refractivity contribution >= 4 is 43.8 Å². The average molecular weight is 416 g/mol. The van der Waals surface area contributed by atoms with Gasteiger partial charge in [0.2, 0.25) is 0 Å². The van der Waals surface area contributed by atoms with Crippen molar-refractivity contribution in [2.45, 2.75) is 39.5 Å². The topological polar surface area (TPSA) is 52.6 Å². The van der Waals surface area contributed by atoms with Gasteiger partial charge in [0.15, 0.2) is 0 Å². The Bertz CT molecular complexity index is 256. The van der Waals surface area contributed by atoms with Gasteiger partial charge < -0.3 is 9.47 Å². The van der Waals surface area contributed by atoms with Crippen LogP contribution < -0.4 is 0 Å². The van der Waals surface area contributed by atoms with Crippen molar-refractivity contribution in [3.8, 4) is 0 Å². The van der Waals surface area contributed by atoms with Crippen LogP contribution in [0.15, 0.2) is 0 Å². The Hall–Kier alpha value is -0.100. The number of rotatable bonds is 11. The molecule has 0 fully saturated rings. The van der Waals surface area contributed by atoms with Gasteiger partial charge in [0.1, 0.15) is 0 Å². The molecule has 20 heavy (non-hydrogen) atoms. The molecule has 4 nitrogen and oxygen atoms in total. The molecular formula is C14H24Br2O4. The van der Waals surface area contributed by atoms with E-state index in [4.69, 9.17) is 9.47 Å². The minimum Gasteiger partial charge on any atom is -0.466 e. The summed E-state index contributed by atoms with van der Waals surface area (Å²) in [5, 5.41) is 1.60. The van der Waals surface area contributed by atoms with Crippen molar-refractivity contribution in [3.05, 3.63) is 0 Å². The molecule has 0 aromatic carbocycles. The summed E-state index contributed by atoms with van der Waals surface area (Å²) in [6.07, 6.45) is 2.92. The summed E-state index contributed by atoms with van der Waals surface area (Å²) in [4.78, 5) is 24.2. The summed E-state index contributed by atoms with van der Waals surface area (Å²) in [5.41, 5.74) is 0. The maximum Gasteiger partial charge on any atom is 0.309 e.